The lowest BCUT2D eigenvalue weighted by atomic mass is 9.44. The number of rotatable bonds is 14. The summed E-state index contributed by atoms with van der Waals surface area (Å²) in [4.78, 5) is 128. The number of Topliss-reactive ketones (excluding diaryl/α,β-unsaturated/α-hetero) is 2. The minimum Gasteiger partial charge on any atom is -0.467 e. The van der Waals surface area contributed by atoms with Gasteiger partial charge >= 0.3 is 47.8 Å². The first-order valence-electron chi connectivity index (χ1n) is 23.3. The van der Waals surface area contributed by atoms with Crippen LogP contribution in [0.15, 0.2) is 0 Å². The van der Waals surface area contributed by atoms with E-state index in [-0.39, 0.29) is 41.7 Å². The quantitative estimate of drug-likeness (QED) is 0.137. The van der Waals surface area contributed by atoms with Crippen LogP contribution in [0.1, 0.15) is 107 Å². The van der Waals surface area contributed by atoms with E-state index in [0.29, 0.717) is 38.5 Å². The Morgan fingerprint density at radius 2 is 1.03 bits per heavy atom. The van der Waals surface area contributed by atoms with E-state index in [9.17, 15) is 47.9 Å². The predicted molar refractivity (Wildman–Crippen MR) is 226 cm³/mol. The highest BCUT2D eigenvalue weighted by atomic mass is 16.8. The number of hydrogen-bond donors (Lipinski definition) is 0. The molecular weight excluding hydrogens is 916 g/mol. The Labute approximate surface area is 398 Å². The van der Waals surface area contributed by atoms with Gasteiger partial charge in [-0.15, -0.1) is 0 Å². The standard InChI is InChI=1S/C47H64O22/c1-20(48)61-34-36(63-22(3)50)40(65-24(5)52)44(68-38(34)42(56)58-9)60-19-32(55)30-14-13-29-28-12-11-26-17-27(15-16-46(26,7)33(28)31(54)18-47(29,30)8)67-45-41(66-25(6)53)37(64-23(4)51)35(62-21(2)49)39(69-45)43(57)59-10/h26-30,33-41,44-45H,11-19H2,1-10H3/t26-,27-,28-,29+,30-,33+,34-,35+,36-,37+,38-,39+,40+,41-,44+,45-,46-,47-/m1/s1. The molecule has 0 unspecified atom stereocenters. The normalized spacial score (nSPS) is 39.1. The largest absolute Gasteiger partial charge is 0.467 e. The molecule has 0 spiro atoms. The maximum absolute atomic E-state index is 14.7. The second kappa shape index (κ2) is 21.5. The zero-order valence-corrected chi connectivity index (χ0v) is 40.6. The minimum atomic E-state index is -1.70. The van der Waals surface area contributed by atoms with Gasteiger partial charge in [-0.3, -0.25) is 38.4 Å². The van der Waals surface area contributed by atoms with Gasteiger partial charge in [0.05, 0.1) is 20.3 Å². The molecule has 0 aromatic rings. The van der Waals surface area contributed by atoms with Crippen LogP contribution in [0.4, 0.5) is 0 Å². The fraction of sp³-hybridized carbons (Fsp3) is 0.787. The highest BCUT2D eigenvalue weighted by Gasteiger charge is 2.65. The van der Waals surface area contributed by atoms with Crippen molar-refractivity contribution in [3.05, 3.63) is 0 Å². The van der Waals surface area contributed by atoms with E-state index in [0.717, 1.165) is 62.2 Å². The van der Waals surface area contributed by atoms with Crippen molar-refractivity contribution in [1.82, 2.24) is 0 Å². The average molecular weight is 981 g/mol. The third-order valence-electron chi connectivity index (χ3n) is 15.1. The van der Waals surface area contributed by atoms with Crippen LogP contribution in [0.2, 0.25) is 0 Å². The van der Waals surface area contributed by atoms with E-state index < -0.39 is 139 Å². The third-order valence-corrected chi connectivity index (χ3v) is 15.1. The lowest BCUT2D eigenvalue weighted by Crippen LogP contribution is -2.64. The second-order valence-corrected chi connectivity index (χ2v) is 19.5. The first-order valence-corrected chi connectivity index (χ1v) is 23.3. The van der Waals surface area contributed by atoms with Crippen LogP contribution in [0.25, 0.3) is 0 Å². The van der Waals surface area contributed by atoms with Crippen molar-refractivity contribution in [2.45, 2.75) is 174 Å². The van der Waals surface area contributed by atoms with Crippen LogP contribution >= 0.6 is 0 Å². The van der Waals surface area contributed by atoms with Crippen molar-refractivity contribution in [3.63, 3.8) is 0 Å². The van der Waals surface area contributed by atoms with E-state index in [1.165, 1.54) is 0 Å². The average Bonchev–Trinajstić information content (AvgIpc) is 3.61. The summed E-state index contributed by atoms with van der Waals surface area (Å²) in [6.07, 6.45) is -12.0. The van der Waals surface area contributed by atoms with Gasteiger partial charge in [0.25, 0.3) is 0 Å². The monoisotopic (exact) mass is 980 g/mol. The molecule has 384 valence electrons. The third kappa shape index (κ3) is 11.1. The van der Waals surface area contributed by atoms with Crippen LogP contribution in [-0.2, 0) is 105 Å². The summed E-state index contributed by atoms with van der Waals surface area (Å²) < 4.78 is 66.8. The van der Waals surface area contributed by atoms with Gasteiger partial charge in [0.1, 0.15) is 12.4 Å². The van der Waals surface area contributed by atoms with E-state index in [4.69, 9.17) is 56.8 Å². The fourth-order valence-electron chi connectivity index (χ4n) is 12.5. The summed E-state index contributed by atoms with van der Waals surface area (Å²) in [7, 11) is 2.16. The Balaban J connectivity index is 1.16. The number of hydrogen-bond acceptors (Lipinski definition) is 22. The Hall–Kier alpha value is -5.06. The number of ether oxygens (including phenoxy) is 12. The molecular formula is C47H64O22. The van der Waals surface area contributed by atoms with Gasteiger partial charge < -0.3 is 56.8 Å². The molecule has 0 aromatic carbocycles. The number of ketones is 2. The summed E-state index contributed by atoms with van der Waals surface area (Å²) in [6.45, 7) is 10.0. The van der Waals surface area contributed by atoms with Crippen LogP contribution in [0.3, 0.4) is 0 Å². The summed E-state index contributed by atoms with van der Waals surface area (Å²) >= 11 is 0. The predicted octanol–water partition coefficient (Wildman–Crippen LogP) is 2.18. The molecule has 6 rings (SSSR count). The molecule has 2 aliphatic heterocycles. The first-order chi connectivity index (χ1) is 32.4. The first kappa shape index (κ1) is 53.3. The van der Waals surface area contributed by atoms with Crippen molar-refractivity contribution >= 4 is 59.3 Å². The van der Waals surface area contributed by atoms with Crippen LogP contribution in [-0.4, -0.2) is 148 Å². The molecule has 0 amide bonds. The molecule has 18 atom stereocenters. The minimum absolute atomic E-state index is 0.000853. The van der Waals surface area contributed by atoms with E-state index >= 15 is 0 Å². The number of carbonyl (C=O) groups is 10. The molecule has 69 heavy (non-hydrogen) atoms. The van der Waals surface area contributed by atoms with Gasteiger partial charge in [-0.2, -0.15) is 0 Å². The van der Waals surface area contributed by atoms with Crippen molar-refractivity contribution < 1.29 is 105 Å². The number of fused-ring (bicyclic) bond motifs is 5. The van der Waals surface area contributed by atoms with Crippen molar-refractivity contribution in [3.8, 4) is 0 Å². The summed E-state index contributed by atoms with van der Waals surface area (Å²) in [6, 6.07) is 0. The Morgan fingerprint density at radius 1 is 0.565 bits per heavy atom. The SMILES string of the molecule is COC(=O)[C@H]1O[C@@H](O[C@@H]2CC[C@]3(C)[C@H](CC[C@H]4[C@H]3C(=O)C[C@@]3(C)[C@@H](C(=O)CO[C@H]5O[C@@H](C(=O)OC)[C@H](OC(C)=O)[C@@H](OC(C)=O)[C@@H]5OC(C)=O)CC[C@@H]43)C2)[C@H](OC(C)=O)[C@@H](OC(C)=O)[C@@H]1OC(C)=O. The molecule has 2 heterocycles. The Morgan fingerprint density at radius 3 is 1.52 bits per heavy atom. The molecule has 2 saturated heterocycles. The second-order valence-electron chi connectivity index (χ2n) is 19.5. The van der Waals surface area contributed by atoms with Crippen LogP contribution in [0, 0.1) is 40.4 Å². The molecule has 22 heteroatoms. The molecule has 4 aliphatic carbocycles. The number of esters is 8. The van der Waals surface area contributed by atoms with E-state index in [2.05, 4.69) is 6.92 Å². The van der Waals surface area contributed by atoms with Gasteiger partial charge in [-0.05, 0) is 73.5 Å². The highest BCUT2D eigenvalue weighted by Crippen LogP contribution is 2.66. The smallest absolute Gasteiger partial charge is 0.339 e. The van der Waals surface area contributed by atoms with Crippen LogP contribution < -0.4 is 0 Å². The Bertz CT molecular complexity index is 2040. The number of carbonyl (C=O) groups excluding carboxylic acids is 10. The molecule has 0 aromatic heterocycles. The molecule has 4 saturated carbocycles. The topological polar surface area (TPSA) is 281 Å². The van der Waals surface area contributed by atoms with Gasteiger partial charge in [0.2, 0.25) is 0 Å². The molecule has 0 bridgehead atoms. The molecule has 22 nitrogen and oxygen atoms in total. The lowest BCUT2D eigenvalue weighted by molar-refractivity contribution is -0.314. The molecule has 0 radical (unpaired) electrons. The van der Waals surface area contributed by atoms with Gasteiger partial charge in [0.15, 0.2) is 67.2 Å². The molecule has 6 fully saturated rings. The van der Waals surface area contributed by atoms with E-state index in [1.54, 1.807) is 0 Å². The van der Waals surface area contributed by atoms with Crippen molar-refractivity contribution in [2.24, 2.45) is 40.4 Å². The van der Waals surface area contributed by atoms with Gasteiger partial charge in [-0.1, -0.05) is 13.8 Å². The maximum Gasteiger partial charge on any atom is 0.339 e. The molecule has 0 N–H and O–H groups in total. The molecule has 6 aliphatic rings. The summed E-state index contributed by atoms with van der Waals surface area (Å²) in [5, 5.41) is 0. The zero-order chi connectivity index (χ0) is 50.9. The number of methoxy groups -OCH3 is 2. The summed E-state index contributed by atoms with van der Waals surface area (Å²) in [5.41, 5.74) is -1.18. The highest BCUT2D eigenvalue weighted by molar-refractivity contribution is 5.88. The Kier molecular flexibility index (Phi) is 16.6. The lowest BCUT2D eigenvalue weighted by Gasteiger charge is -2.60. The van der Waals surface area contributed by atoms with Gasteiger partial charge in [-0.25, -0.2) is 9.59 Å². The zero-order valence-electron chi connectivity index (χ0n) is 40.6. The van der Waals surface area contributed by atoms with Crippen molar-refractivity contribution in [1.29, 1.82) is 0 Å². The fourth-order valence-corrected chi connectivity index (χ4v) is 12.5. The maximum atomic E-state index is 14.7. The van der Waals surface area contributed by atoms with Gasteiger partial charge in [0, 0.05) is 59.8 Å². The van der Waals surface area contributed by atoms with Crippen molar-refractivity contribution in [2.75, 3.05) is 20.8 Å². The van der Waals surface area contributed by atoms with Crippen LogP contribution in [0.5, 0.6) is 0 Å². The summed E-state index contributed by atoms with van der Waals surface area (Å²) in [5.74, 6) is -8.24. The van der Waals surface area contributed by atoms with E-state index in [1.807, 2.05) is 6.92 Å².